The minimum absolute atomic E-state index is 0.176. The normalized spacial score (nSPS) is 20.1. The first kappa shape index (κ1) is 11.4. The van der Waals surface area contributed by atoms with Crippen molar-refractivity contribution in [2.24, 2.45) is 5.92 Å². The minimum atomic E-state index is 0.176. The molecule has 4 heteroatoms. The molecule has 0 saturated carbocycles. The third-order valence-corrected chi connectivity index (χ3v) is 3.25. The van der Waals surface area contributed by atoms with Gasteiger partial charge in [0.15, 0.2) is 0 Å². The molecule has 0 unspecified atom stereocenters. The third-order valence-electron chi connectivity index (χ3n) is 3.05. The van der Waals surface area contributed by atoms with Crippen LogP contribution in [0.3, 0.4) is 0 Å². The first-order valence-electron chi connectivity index (χ1n) is 5.51. The van der Waals surface area contributed by atoms with E-state index in [2.05, 4.69) is 4.98 Å². The van der Waals surface area contributed by atoms with E-state index in [1.165, 1.54) is 5.56 Å². The van der Waals surface area contributed by atoms with Gasteiger partial charge in [-0.3, -0.25) is 4.79 Å². The van der Waals surface area contributed by atoms with Crippen LogP contribution in [0.1, 0.15) is 18.9 Å². The van der Waals surface area contributed by atoms with Crippen molar-refractivity contribution in [3.05, 3.63) is 29.0 Å². The van der Waals surface area contributed by atoms with E-state index in [0.717, 1.165) is 25.9 Å². The number of hydrogen-bond donors (Lipinski definition) is 0. The van der Waals surface area contributed by atoms with E-state index < -0.39 is 0 Å². The van der Waals surface area contributed by atoms with Crippen LogP contribution in [-0.2, 0) is 11.2 Å². The molecular formula is C12H15ClN2O. The van der Waals surface area contributed by atoms with Crippen molar-refractivity contribution in [2.45, 2.75) is 19.8 Å². The van der Waals surface area contributed by atoms with Crippen molar-refractivity contribution < 1.29 is 4.79 Å². The molecule has 1 aliphatic heterocycles. The molecule has 1 fully saturated rings. The van der Waals surface area contributed by atoms with Gasteiger partial charge >= 0.3 is 0 Å². The molecule has 2 rings (SSSR count). The average molecular weight is 239 g/mol. The van der Waals surface area contributed by atoms with Gasteiger partial charge in [-0.2, -0.15) is 0 Å². The fourth-order valence-corrected chi connectivity index (χ4v) is 2.38. The fraction of sp³-hybridized carbons (Fsp3) is 0.500. The lowest BCUT2D eigenvalue weighted by Crippen LogP contribution is -2.26. The van der Waals surface area contributed by atoms with Crippen molar-refractivity contribution in [1.82, 2.24) is 9.88 Å². The summed E-state index contributed by atoms with van der Waals surface area (Å²) in [6.45, 7) is 3.39. The number of carbonyl (C=O) groups excluding carboxylic acids is 1. The van der Waals surface area contributed by atoms with Crippen LogP contribution in [0.5, 0.6) is 0 Å². The van der Waals surface area contributed by atoms with Crippen LogP contribution >= 0.6 is 11.6 Å². The zero-order valence-corrected chi connectivity index (χ0v) is 10.1. The first-order valence-corrected chi connectivity index (χ1v) is 5.89. The SMILES string of the molecule is CC(=O)N1CC[C@@H](Cc2ccnc(Cl)c2)C1. The number of halogens is 1. The van der Waals surface area contributed by atoms with Crippen LogP contribution in [0.2, 0.25) is 5.15 Å². The number of rotatable bonds is 2. The molecule has 0 bridgehead atoms. The standard InChI is InChI=1S/C12H15ClN2O/c1-9(16)15-5-3-11(8-15)6-10-2-4-14-12(13)7-10/h2,4,7,11H,3,5-6,8H2,1H3/t11-/m0/s1. The average Bonchev–Trinajstić information content (AvgIpc) is 2.66. The molecule has 0 N–H and O–H groups in total. The predicted molar refractivity (Wildman–Crippen MR) is 63.3 cm³/mol. The van der Waals surface area contributed by atoms with Gasteiger partial charge in [-0.25, -0.2) is 4.98 Å². The second kappa shape index (κ2) is 4.83. The molecule has 1 amide bonds. The molecule has 3 nitrogen and oxygen atoms in total. The van der Waals surface area contributed by atoms with Gasteiger partial charge in [-0.1, -0.05) is 11.6 Å². The zero-order chi connectivity index (χ0) is 11.5. The highest BCUT2D eigenvalue weighted by atomic mass is 35.5. The summed E-state index contributed by atoms with van der Waals surface area (Å²) in [6, 6.07) is 3.89. The summed E-state index contributed by atoms with van der Waals surface area (Å²) in [7, 11) is 0. The van der Waals surface area contributed by atoms with E-state index in [9.17, 15) is 4.79 Å². The number of carbonyl (C=O) groups is 1. The Kier molecular flexibility index (Phi) is 3.44. The van der Waals surface area contributed by atoms with Gasteiger partial charge < -0.3 is 4.90 Å². The van der Waals surface area contributed by atoms with Crippen LogP contribution < -0.4 is 0 Å². The van der Waals surface area contributed by atoms with Crippen LogP contribution in [-0.4, -0.2) is 28.9 Å². The maximum Gasteiger partial charge on any atom is 0.219 e. The van der Waals surface area contributed by atoms with Crippen LogP contribution in [0.25, 0.3) is 0 Å². The summed E-state index contributed by atoms with van der Waals surface area (Å²) in [4.78, 5) is 17.1. The summed E-state index contributed by atoms with van der Waals surface area (Å²) < 4.78 is 0. The number of amides is 1. The van der Waals surface area contributed by atoms with Crippen molar-refractivity contribution in [1.29, 1.82) is 0 Å². The van der Waals surface area contributed by atoms with E-state index in [-0.39, 0.29) is 5.91 Å². The molecule has 0 aromatic carbocycles. The van der Waals surface area contributed by atoms with E-state index in [1.807, 2.05) is 17.0 Å². The van der Waals surface area contributed by atoms with Gasteiger partial charge in [-0.15, -0.1) is 0 Å². The molecule has 0 aliphatic carbocycles. The Labute approximate surface area is 100 Å². The summed E-state index contributed by atoms with van der Waals surface area (Å²) in [6.07, 6.45) is 3.79. The van der Waals surface area contributed by atoms with Crippen molar-refractivity contribution in [3.63, 3.8) is 0 Å². The number of aromatic nitrogens is 1. The minimum Gasteiger partial charge on any atom is -0.343 e. The van der Waals surface area contributed by atoms with Gasteiger partial charge in [0, 0.05) is 26.2 Å². The number of hydrogen-bond acceptors (Lipinski definition) is 2. The summed E-state index contributed by atoms with van der Waals surface area (Å²) in [5, 5.41) is 0.541. The highest BCUT2D eigenvalue weighted by Crippen LogP contribution is 2.21. The van der Waals surface area contributed by atoms with Crippen LogP contribution in [0.4, 0.5) is 0 Å². The van der Waals surface area contributed by atoms with E-state index in [4.69, 9.17) is 11.6 Å². The van der Waals surface area contributed by atoms with E-state index in [1.54, 1.807) is 13.1 Å². The van der Waals surface area contributed by atoms with Crippen molar-refractivity contribution in [3.8, 4) is 0 Å². The highest BCUT2D eigenvalue weighted by Gasteiger charge is 2.24. The molecule has 0 spiro atoms. The lowest BCUT2D eigenvalue weighted by atomic mass is 10.00. The first-order chi connectivity index (χ1) is 7.65. The number of likely N-dealkylation sites (tertiary alicyclic amines) is 1. The Bertz CT molecular complexity index is 394. The topological polar surface area (TPSA) is 33.2 Å². The lowest BCUT2D eigenvalue weighted by molar-refractivity contribution is -0.127. The summed E-state index contributed by atoms with van der Waals surface area (Å²) in [5.74, 6) is 0.734. The molecule has 86 valence electrons. The van der Waals surface area contributed by atoms with Gasteiger partial charge in [0.05, 0.1) is 0 Å². The highest BCUT2D eigenvalue weighted by molar-refractivity contribution is 6.29. The monoisotopic (exact) mass is 238 g/mol. The lowest BCUT2D eigenvalue weighted by Gasteiger charge is -2.13. The summed E-state index contributed by atoms with van der Waals surface area (Å²) >= 11 is 5.83. The molecule has 16 heavy (non-hydrogen) atoms. The summed E-state index contributed by atoms with van der Waals surface area (Å²) in [5.41, 5.74) is 1.20. The Morgan fingerprint density at radius 1 is 1.69 bits per heavy atom. The quantitative estimate of drug-likeness (QED) is 0.740. The molecule has 1 atom stereocenters. The zero-order valence-electron chi connectivity index (χ0n) is 9.32. The van der Waals surface area contributed by atoms with E-state index in [0.29, 0.717) is 11.1 Å². The largest absolute Gasteiger partial charge is 0.343 e. The van der Waals surface area contributed by atoms with Gasteiger partial charge in [0.1, 0.15) is 5.15 Å². The molecule has 0 radical (unpaired) electrons. The Hall–Kier alpha value is -1.09. The van der Waals surface area contributed by atoms with Gasteiger partial charge in [0.25, 0.3) is 0 Å². The molecule has 1 aliphatic rings. The second-order valence-electron chi connectivity index (χ2n) is 4.31. The molecule has 2 heterocycles. The van der Waals surface area contributed by atoms with Crippen molar-refractivity contribution in [2.75, 3.05) is 13.1 Å². The predicted octanol–water partition coefficient (Wildman–Crippen LogP) is 2.15. The number of nitrogens with zero attached hydrogens (tertiary/aromatic N) is 2. The molecule has 1 saturated heterocycles. The van der Waals surface area contributed by atoms with E-state index >= 15 is 0 Å². The van der Waals surface area contributed by atoms with Gasteiger partial charge in [-0.05, 0) is 36.5 Å². The Balaban J connectivity index is 1.94. The number of pyridine rings is 1. The van der Waals surface area contributed by atoms with Crippen LogP contribution in [0.15, 0.2) is 18.3 Å². The maximum absolute atomic E-state index is 11.2. The molecule has 1 aromatic heterocycles. The smallest absolute Gasteiger partial charge is 0.219 e. The van der Waals surface area contributed by atoms with Crippen molar-refractivity contribution >= 4 is 17.5 Å². The second-order valence-corrected chi connectivity index (χ2v) is 4.70. The molecular weight excluding hydrogens is 224 g/mol. The van der Waals surface area contributed by atoms with Gasteiger partial charge in [0.2, 0.25) is 5.91 Å². The Morgan fingerprint density at radius 2 is 2.50 bits per heavy atom. The third kappa shape index (κ3) is 2.73. The van der Waals surface area contributed by atoms with Crippen LogP contribution in [0, 0.1) is 5.92 Å². The maximum atomic E-state index is 11.2. The fourth-order valence-electron chi connectivity index (χ4n) is 2.19. The Morgan fingerprint density at radius 3 is 3.12 bits per heavy atom. The molecule has 1 aromatic rings.